The Kier molecular flexibility index (Phi) is 6.32. The van der Waals surface area contributed by atoms with E-state index in [4.69, 9.17) is 17.0 Å². The van der Waals surface area contributed by atoms with E-state index in [-0.39, 0.29) is 11.9 Å². The number of amides is 1. The lowest BCUT2D eigenvalue weighted by Crippen LogP contribution is -2.36. The summed E-state index contributed by atoms with van der Waals surface area (Å²) >= 11 is 5.87. The largest absolute Gasteiger partial charge is 0.497 e. The van der Waals surface area contributed by atoms with Crippen molar-refractivity contribution < 1.29 is 9.53 Å². The van der Waals surface area contributed by atoms with E-state index in [2.05, 4.69) is 34.1 Å². The Hall–Kier alpha value is -3.64. The molecule has 2 heterocycles. The number of aromatic nitrogens is 1. The molecule has 3 aromatic carbocycles. The number of rotatable bonds is 8. The zero-order valence-corrected chi connectivity index (χ0v) is 19.9. The number of carbonyl (C=O) groups excluding carboxylic acids is 1. The summed E-state index contributed by atoms with van der Waals surface area (Å²) in [5.74, 6) is 0.882. The van der Waals surface area contributed by atoms with Gasteiger partial charge >= 0.3 is 0 Å². The Bertz CT molecular complexity index is 1300. The molecule has 1 aromatic heterocycles. The van der Waals surface area contributed by atoms with Gasteiger partial charge in [-0.2, -0.15) is 0 Å². The summed E-state index contributed by atoms with van der Waals surface area (Å²) in [6.07, 6.45) is 3.40. The maximum Gasteiger partial charge on any atom is 0.251 e. The Morgan fingerprint density at radius 1 is 0.941 bits per heavy atom. The van der Waals surface area contributed by atoms with Gasteiger partial charge in [0.15, 0.2) is 5.11 Å². The van der Waals surface area contributed by atoms with Crippen LogP contribution < -0.4 is 4.74 Å². The number of hydrogen-bond acceptors (Lipinski definition) is 3. The molecular weight excluding hydrogens is 442 g/mol. The van der Waals surface area contributed by atoms with Crippen LogP contribution in [0.1, 0.15) is 16.7 Å². The Labute approximate surface area is 205 Å². The zero-order valence-electron chi connectivity index (χ0n) is 19.1. The molecule has 1 N–H and O–H groups in total. The minimum Gasteiger partial charge on any atom is -0.497 e. The summed E-state index contributed by atoms with van der Waals surface area (Å²) in [6.45, 7) is 1.14. The third-order valence-electron chi connectivity index (χ3n) is 6.47. The van der Waals surface area contributed by atoms with Crippen molar-refractivity contribution in [3.05, 3.63) is 102 Å². The molecule has 5 nitrogen and oxygen atoms in total. The SMILES string of the molecule is COc1ccc(CN2C(=S)N(CCc3c[nH]c4ccccc34)C(=O)[C@@H]2Cc2ccccc2)cc1. The summed E-state index contributed by atoms with van der Waals surface area (Å²) in [5.41, 5.74) is 4.52. The van der Waals surface area contributed by atoms with E-state index in [0.717, 1.165) is 28.8 Å². The van der Waals surface area contributed by atoms with Crippen molar-refractivity contribution in [3.8, 4) is 5.75 Å². The van der Waals surface area contributed by atoms with Crippen LogP contribution in [0.4, 0.5) is 0 Å². The van der Waals surface area contributed by atoms with E-state index in [0.29, 0.717) is 24.6 Å². The summed E-state index contributed by atoms with van der Waals surface area (Å²) in [7, 11) is 1.66. The lowest BCUT2D eigenvalue weighted by atomic mass is 10.0. The number of fused-ring (bicyclic) bond motifs is 1. The molecule has 0 aliphatic carbocycles. The Morgan fingerprint density at radius 3 is 2.44 bits per heavy atom. The minimum absolute atomic E-state index is 0.0715. The van der Waals surface area contributed by atoms with E-state index in [1.54, 1.807) is 12.0 Å². The van der Waals surface area contributed by atoms with Crippen LogP contribution in [-0.4, -0.2) is 45.5 Å². The quantitative estimate of drug-likeness (QED) is 0.371. The van der Waals surface area contributed by atoms with Gasteiger partial charge in [0.05, 0.1) is 7.11 Å². The molecule has 6 heteroatoms. The van der Waals surface area contributed by atoms with Crippen LogP contribution in [-0.2, 0) is 24.2 Å². The number of aromatic amines is 1. The molecule has 0 radical (unpaired) electrons. The lowest BCUT2D eigenvalue weighted by Gasteiger charge is -2.24. The summed E-state index contributed by atoms with van der Waals surface area (Å²) in [4.78, 5) is 20.8. The van der Waals surface area contributed by atoms with Gasteiger partial charge in [-0.1, -0.05) is 60.7 Å². The van der Waals surface area contributed by atoms with Crippen LogP contribution in [0.3, 0.4) is 0 Å². The van der Waals surface area contributed by atoms with E-state index in [1.165, 1.54) is 10.9 Å². The van der Waals surface area contributed by atoms with Crippen molar-refractivity contribution in [2.24, 2.45) is 0 Å². The molecule has 1 amide bonds. The maximum atomic E-state index is 13.6. The molecule has 0 bridgehead atoms. The third kappa shape index (κ3) is 4.41. The second kappa shape index (κ2) is 9.69. The molecule has 1 fully saturated rings. The third-order valence-corrected chi connectivity index (χ3v) is 6.92. The van der Waals surface area contributed by atoms with E-state index in [9.17, 15) is 4.79 Å². The number of thiocarbonyl (C=S) groups is 1. The number of para-hydroxylation sites is 1. The van der Waals surface area contributed by atoms with Gasteiger partial charge in [0.1, 0.15) is 11.8 Å². The highest BCUT2D eigenvalue weighted by atomic mass is 32.1. The van der Waals surface area contributed by atoms with Crippen molar-refractivity contribution in [2.75, 3.05) is 13.7 Å². The number of ether oxygens (including phenoxy) is 1. The molecular formula is C28H27N3O2S. The lowest BCUT2D eigenvalue weighted by molar-refractivity contribution is -0.128. The maximum absolute atomic E-state index is 13.6. The second-order valence-corrected chi connectivity index (χ2v) is 8.93. The fraction of sp³-hybridized carbons (Fsp3) is 0.214. The molecule has 0 unspecified atom stereocenters. The molecule has 0 saturated carbocycles. The van der Waals surface area contributed by atoms with Crippen molar-refractivity contribution in [1.82, 2.24) is 14.8 Å². The fourth-order valence-corrected chi connectivity index (χ4v) is 4.99. The molecule has 1 aliphatic heterocycles. The Morgan fingerprint density at radius 2 is 1.68 bits per heavy atom. The fourth-order valence-electron chi connectivity index (χ4n) is 4.61. The molecule has 0 spiro atoms. The van der Waals surface area contributed by atoms with Crippen LogP contribution >= 0.6 is 12.2 Å². The van der Waals surface area contributed by atoms with E-state index in [1.807, 2.05) is 60.8 Å². The standard InChI is InChI=1S/C28H27N3O2S/c1-33-23-13-11-21(12-14-23)19-31-26(17-20-7-3-2-4-8-20)27(32)30(28(31)34)16-15-22-18-29-25-10-6-5-9-24(22)25/h2-14,18,26,29H,15-17,19H2,1H3/t26-/m0/s1. The molecule has 1 aliphatic rings. The van der Waals surface area contributed by atoms with Crippen molar-refractivity contribution in [2.45, 2.75) is 25.4 Å². The molecule has 4 aromatic rings. The number of methoxy groups -OCH3 is 1. The van der Waals surface area contributed by atoms with Crippen LogP contribution in [0, 0.1) is 0 Å². The summed E-state index contributed by atoms with van der Waals surface area (Å²) in [6, 6.07) is 26.0. The first kappa shape index (κ1) is 22.2. The van der Waals surface area contributed by atoms with Gasteiger partial charge in [-0.3, -0.25) is 9.69 Å². The molecule has 34 heavy (non-hydrogen) atoms. The first-order valence-corrected chi connectivity index (χ1v) is 11.9. The molecule has 172 valence electrons. The molecule has 1 atom stereocenters. The van der Waals surface area contributed by atoms with Crippen molar-refractivity contribution >= 4 is 34.1 Å². The first-order valence-electron chi connectivity index (χ1n) is 11.5. The number of benzene rings is 3. The highest BCUT2D eigenvalue weighted by Crippen LogP contribution is 2.26. The zero-order chi connectivity index (χ0) is 23.5. The van der Waals surface area contributed by atoms with Gasteiger partial charge in [0, 0.05) is 36.6 Å². The highest BCUT2D eigenvalue weighted by Gasteiger charge is 2.41. The number of H-pyrrole nitrogens is 1. The van der Waals surface area contributed by atoms with Crippen molar-refractivity contribution in [1.29, 1.82) is 0 Å². The average Bonchev–Trinajstić information content (AvgIpc) is 3.38. The van der Waals surface area contributed by atoms with Gasteiger partial charge < -0.3 is 14.6 Å². The predicted octanol–water partition coefficient (Wildman–Crippen LogP) is 4.96. The van der Waals surface area contributed by atoms with Gasteiger partial charge in [-0.05, 0) is 53.5 Å². The second-order valence-electron chi connectivity index (χ2n) is 8.56. The average molecular weight is 470 g/mol. The van der Waals surface area contributed by atoms with E-state index < -0.39 is 0 Å². The smallest absolute Gasteiger partial charge is 0.251 e. The van der Waals surface area contributed by atoms with Crippen LogP contribution in [0.5, 0.6) is 5.75 Å². The van der Waals surface area contributed by atoms with Gasteiger partial charge in [-0.25, -0.2) is 0 Å². The minimum atomic E-state index is -0.319. The van der Waals surface area contributed by atoms with E-state index >= 15 is 0 Å². The van der Waals surface area contributed by atoms with Gasteiger partial charge in [0.25, 0.3) is 5.91 Å². The molecule has 5 rings (SSSR count). The number of nitrogens with zero attached hydrogens (tertiary/aromatic N) is 2. The highest BCUT2D eigenvalue weighted by molar-refractivity contribution is 7.80. The first-order chi connectivity index (χ1) is 16.6. The summed E-state index contributed by atoms with van der Waals surface area (Å²) in [5, 5.41) is 1.79. The van der Waals surface area contributed by atoms with Crippen molar-refractivity contribution in [3.63, 3.8) is 0 Å². The predicted molar refractivity (Wildman–Crippen MR) is 139 cm³/mol. The number of nitrogens with one attached hydrogen (secondary N) is 1. The van der Waals surface area contributed by atoms with Crippen LogP contribution in [0.15, 0.2) is 85.1 Å². The topological polar surface area (TPSA) is 48.6 Å². The number of hydrogen-bond donors (Lipinski definition) is 1. The van der Waals surface area contributed by atoms with Gasteiger partial charge in [0.2, 0.25) is 0 Å². The molecule has 1 saturated heterocycles. The van der Waals surface area contributed by atoms with Crippen LogP contribution in [0.25, 0.3) is 10.9 Å². The van der Waals surface area contributed by atoms with Crippen LogP contribution in [0.2, 0.25) is 0 Å². The van der Waals surface area contributed by atoms with Gasteiger partial charge in [-0.15, -0.1) is 0 Å². The Balaban J connectivity index is 1.38. The monoisotopic (exact) mass is 469 g/mol. The summed E-state index contributed by atoms with van der Waals surface area (Å²) < 4.78 is 5.29. The normalized spacial score (nSPS) is 16.0. The number of carbonyl (C=O) groups is 1.